The number of likely N-dealkylation sites (tertiary alicyclic amines) is 1. The Morgan fingerprint density at radius 1 is 1.12 bits per heavy atom. The Labute approximate surface area is 150 Å². The highest BCUT2D eigenvalue weighted by Crippen LogP contribution is 2.33. The van der Waals surface area contributed by atoms with E-state index in [0.717, 1.165) is 28.0 Å². The highest BCUT2D eigenvalue weighted by atomic mass is 32.1. The van der Waals surface area contributed by atoms with E-state index in [1.165, 1.54) is 36.9 Å². The second-order valence-electron chi connectivity index (χ2n) is 6.55. The van der Waals surface area contributed by atoms with Crippen molar-refractivity contribution in [3.63, 3.8) is 0 Å². The third-order valence-electron chi connectivity index (χ3n) is 4.81. The Morgan fingerprint density at radius 3 is 2.88 bits per heavy atom. The second kappa shape index (κ2) is 6.17. The van der Waals surface area contributed by atoms with E-state index in [4.69, 9.17) is 4.74 Å². The molecule has 126 valence electrons. The van der Waals surface area contributed by atoms with Crippen LogP contribution < -0.4 is 4.74 Å². The lowest BCUT2D eigenvalue weighted by atomic mass is 10.1. The molecule has 25 heavy (non-hydrogen) atoms. The lowest BCUT2D eigenvalue weighted by molar-refractivity contribution is 0.332. The van der Waals surface area contributed by atoms with Gasteiger partial charge in [-0.2, -0.15) is 0 Å². The molecule has 1 aliphatic heterocycles. The highest BCUT2D eigenvalue weighted by Gasteiger charge is 2.15. The zero-order valence-corrected chi connectivity index (χ0v) is 14.7. The molecule has 0 bridgehead atoms. The van der Waals surface area contributed by atoms with E-state index < -0.39 is 0 Å². The first-order valence-corrected chi connectivity index (χ1v) is 9.53. The van der Waals surface area contributed by atoms with Crippen molar-refractivity contribution in [2.45, 2.75) is 19.4 Å². The molecule has 5 rings (SSSR count). The van der Waals surface area contributed by atoms with Gasteiger partial charge in [0.2, 0.25) is 0 Å². The quantitative estimate of drug-likeness (QED) is 0.553. The third kappa shape index (κ3) is 2.90. The summed E-state index contributed by atoms with van der Waals surface area (Å²) in [5.41, 5.74) is 3.48. The molecule has 5 heteroatoms. The number of benzene rings is 2. The number of ether oxygens (including phenoxy) is 1. The normalized spacial score (nSPS) is 15.4. The van der Waals surface area contributed by atoms with Crippen LogP contribution in [0.4, 0.5) is 0 Å². The Kier molecular flexibility index (Phi) is 3.68. The van der Waals surface area contributed by atoms with Crippen molar-refractivity contribution < 1.29 is 4.74 Å². The van der Waals surface area contributed by atoms with E-state index in [9.17, 15) is 0 Å². The maximum atomic E-state index is 6.05. The van der Waals surface area contributed by atoms with Gasteiger partial charge < -0.3 is 9.72 Å². The molecule has 0 spiro atoms. The molecule has 4 aromatic rings. The fourth-order valence-corrected chi connectivity index (χ4v) is 4.36. The molecule has 0 atom stereocenters. The van der Waals surface area contributed by atoms with Gasteiger partial charge in [-0.15, -0.1) is 0 Å². The minimum absolute atomic E-state index is 0.692. The van der Waals surface area contributed by atoms with Gasteiger partial charge in [0, 0.05) is 23.6 Å². The maximum Gasteiger partial charge on any atom is 0.279 e. The molecule has 1 saturated heterocycles. The Morgan fingerprint density at radius 2 is 2.00 bits per heavy atom. The van der Waals surface area contributed by atoms with Gasteiger partial charge in [-0.1, -0.05) is 23.5 Å². The van der Waals surface area contributed by atoms with E-state index in [1.807, 2.05) is 24.3 Å². The van der Waals surface area contributed by atoms with E-state index >= 15 is 0 Å². The van der Waals surface area contributed by atoms with Crippen molar-refractivity contribution >= 4 is 32.5 Å². The smallest absolute Gasteiger partial charge is 0.279 e. The predicted molar refractivity (Wildman–Crippen MR) is 103 cm³/mol. The first kappa shape index (κ1) is 14.9. The van der Waals surface area contributed by atoms with Crippen LogP contribution in [-0.2, 0) is 6.54 Å². The number of thiazole rings is 1. The first-order valence-electron chi connectivity index (χ1n) is 8.71. The molecule has 2 aromatic carbocycles. The SMILES string of the molecule is c1ccc2sc(Oc3ccc4[nH]cc(CN5CCCC5)c4c3)nc2c1. The standard InChI is InChI=1S/C20H19N3OS/c1-2-6-19-18(5-1)22-20(25-19)24-15-7-8-17-16(11-15)14(12-21-17)13-23-9-3-4-10-23/h1-2,5-8,11-12,21H,3-4,9-10,13H2. The largest absolute Gasteiger partial charge is 0.431 e. The lowest BCUT2D eigenvalue weighted by Gasteiger charge is -2.13. The summed E-state index contributed by atoms with van der Waals surface area (Å²) in [6, 6.07) is 14.3. The Bertz CT molecular complexity index is 997. The summed E-state index contributed by atoms with van der Waals surface area (Å²) in [5, 5.41) is 1.93. The minimum atomic E-state index is 0.692. The van der Waals surface area contributed by atoms with Crippen molar-refractivity contribution in [2.24, 2.45) is 0 Å². The average molecular weight is 349 g/mol. The van der Waals surface area contributed by atoms with Gasteiger partial charge >= 0.3 is 0 Å². The van der Waals surface area contributed by atoms with Crippen molar-refractivity contribution in [2.75, 3.05) is 13.1 Å². The van der Waals surface area contributed by atoms with Crippen LogP contribution in [0.5, 0.6) is 10.9 Å². The summed E-state index contributed by atoms with van der Waals surface area (Å²) < 4.78 is 7.19. The minimum Gasteiger partial charge on any atom is -0.431 e. The number of H-pyrrole nitrogens is 1. The molecule has 1 aliphatic rings. The molecule has 1 fully saturated rings. The number of nitrogens with zero attached hydrogens (tertiary/aromatic N) is 2. The predicted octanol–water partition coefficient (Wildman–Crippen LogP) is 5.17. The molecular formula is C20H19N3OS. The van der Waals surface area contributed by atoms with Gasteiger partial charge in [-0.3, -0.25) is 4.90 Å². The number of para-hydroxylation sites is 1. The highest BCUT2D eigenvalue weighted by molar-refractivity contribution is 7.20. The van der Waals surface area contributed by atoms with Gasteiger partial charge in [-0.25, -0.2) is 4.98 Å². The monoisotopic (exact) mass is 349 g/mol. The molecule has 4 nitrogen and oxygen atoms in total. The van der Waals surface area contributed by atoms with E-state index in [-0.39, 0.29) is 0 Å². The Hall–Kier alpha value is -2.37. The topological polar surface area (TPSA) is 41.1 Å². The van der Waals surface area contributed by atoms with Gasteiger partial charge in [0.1, 0.15) is 5.75 Å². The molecule has 2 aromatic heterocycles. The molecule has 1 N–H and O–H groups in total. The number of hydrogen-bond acceptors (Lipinski definition) is 4. The summed E-state index contributed by atoms with van der Waals surface area (Å²) in [7, 11) is 0. The average Bonchev–Trinajstić information content (AvgIpc) is 3.35. The van der Waals surface area contributed by atoms with Gasteiger partial charge in [0.15, 0.2) is 0 Å². The summed E-state index contributed by atoms with van der Waals surface area (Å²) in [5.74, 6) is 0.842. The number of aromatic nitrogens is 2. The third-order valence-corrected chi connectivity index (χ3v) is 5.73. The maximum absolute atomic E-state index is 6.05. The van der Waals surface area contributed by atoms with Crippen LogP contribution in [0.15, 0.2) is 48.7 Å². The lowest BCUT2D eigenvalue weighted by Crippen LogP contribution is -2.17. The molecular weight excluding hydrogens is 330 g/mol. The summed E-state index contributed by atoms with van der Waals surface area (Å²) in [4.78, 5) is 10.5. The van der Waals surface area contributed by atoms with E-state index in [2.05, 4.69) is 39.3 Å². The van der Waals surface area contributed by atoms with E-state index in [1.54, 1.807) is 11.3 Å². The van der Waals surface area contributed by atoms with Crippen molar-refractivity contribution in [3.05, 3.63) is 54.2 Å². The van der Waals surface area contributed by atoms with Crippen LogP contribution >= 0.6 is 11.3 Å². The molecule has 0 aliphatic carbocycles. The fourth-order valence-electron chi connectivity index (χ4n) is 3.53. The molecule has 3 heterocycles. The van der Waals surface area contributed by atoms with Gasteiger partial charge in [0.05, 0.1) is 10.2 Å². The van der Waals surface area contributed by atoms with Gasteiger partial charge in [0.25, 0.3) is 5.19 Å². The molecule has 0 radical (unpaired) electrons. The summed E-state index contributed by atoms with van der Waals surface area (Å²) >= 11 is 1.58. The number of rotatable bonds is 4. The Balaban J connectivity index is 1.44. The van der Waals surface area contributed by atoms with Crippen molar-refractivity contribution in [1.82, 2.24) is 14.9 Å². The molecule has 0 amide bonds. The van der Waals surface area contributed by atoms with Crippen LogP contribution in [0.3, 0.4) is 0 Å². The zero-order chi connectivity index (χ0) is 16.6. The summed E-state index contributed by atoms with van der Waals surface area (Å²) in [6.07, 6.45) is 4.76. The number of fused-ring (bicyclic) bond motifs is 2. The van der Waals surface area contributed by atoms with Crippen LogP contribution in [-0.4, -0.2) is 28.0 Å². The number of aromatic amines is 1. The first-order chi connectivity index (χ1) is 12.3. The van der Waals surface area contributed by atoms with Crippen LogP contribution in [0.25, 0.3) is 21.1 Å². The number of hydrogen-bond donors (Lipinski definition) is 1. The van der Waals surface area contributed by atoms with Crippen molar-refractivity contribution in [1.29, 1.82) is 0 Å². The van der Waals surface area contributed by atoms with Crippen LogP contribution in [0.1, 0.15) is 18.4 Å². The fraction of sp³-hybridized carbons (Fsp3) is 0.250. The van der Waals surface area contributed by atoms with Crippen LogP contribution in [0, 0.1) is 0 Å². The molecule has 0 saturated carbocycles. The second-order valence-corrected chi connectivity index (χ2v) is 7.55. The zero-order valence-electron chi connectivity index (χ0n) is 13.9. The number of nitrogens with one attached hydrogen (secondary N) is 1. The van der Waals surface area contributed by atoms with Crippen molar-refractivity contribution in [3.8, 4) is 10.9 Å². The summed E-state index contributed by atoms with van der Waals surface area (Å²) in [6.45, 7) is 3.41. The molecule has 0 unspecified atom stereocenters. The van der Waals surface area contributed by atoms with Crippen LogP contribution in [0.2, 0.25) is 0 Å². The van der Waals surface area contributed by atoms with Gasteiger partial charge in [-0.05, 0) is 61.8 Å². The van der Waals surface area contributed by atoms with E-state index in [0.29, 0.717) is 5.19 Å².